The molecule has 0 heterocycles. The molecular weight excluding hydrogens is 218 g/mol. The van der Waals surface area contributed by atoms with Gasteiger partial charge in [-0.05, 0) is 19.1 Å². The number of ether oxygens (including phenoxy) is 1. The second kappa shape index (κ2) is 5.11. The standard InChI is InChI=1S/C9H13NO4S/c1-3-14-10-15(11,12)9-7-5-4-6-8(9)13-2/h4-7,10H,3H2,1-2H3. The van der Waals surface area contributed by atoms with Crippen LogP contribution < -0.4 is 9.62 Å². The molecule has 84 valence electrons. The van der Waals surface area contributed by atoms with Gasteiger partial charge in [0, 0.05) is 0 Å². The summed E-state index contributed by atoms with van der Waals surface area (Å²) in [6, 6.07) is 6.32. The van der Waals surface area contributed by atoms with Crippen molar-refractivity contribution in [1.29, 1.82) is 0 Å². The van der Waals surface area contributed by atoms with E-state index >= 15 is 0 Å². The Kier molecular flexibility index (Phi) is 4.07. The molecule has 5 nitrogen and oxygen atoms in total. The van der Waals surface area contributed by atoms with E-state index < -0.39 is 10.0 Å². The van der Waals surface area contributed by atoms with Gasteiger partial charge in [0.25, 0.3) is 10.0 Å². The monoisotopic (exact) mass is 231 g/mol. The number of para-hydroxylation sites is 1. The molecule has 1 aromatic rings. The van der Waals surface area contributed by atoms with Crippen molar-refractivity contribution in [1.82, 2.24) is 4.89 Å². The minimum Gasteiger partial charge on any atom is -0.495 e. The van der Waals surface area contributed by atoms with E-state index in [9.17, 15) is 8.42 Å². The Bertz CT molecular complexity index is 416. The number of nitrogens with one attached hydrogen (secondary N) is 1. The van der Waals surface area contributed by atoms with Crippen LogP contribution in [0.25, 0.3) is 0 Å². The third-order valence-electron chi connectivity index (χ3n) is 1.67. The van der Waals surface area contributed by atoms with E-state index in [1.165, 1.54) is 13.2 Å². The van der Waals surface area contributed by atoms with Crippen LogP contribution in [0.3, 0.4) is 0 Å². The predicted octanol–water partition coefficient (Wildman–Crippen LogP) is 0.925. The van der Waals surface area contributed by atoms with Crippen LogP contribution in [0.5, 0.6) is 5.75 Å². The van der Waals surface area contributed by atoms with Crippen molar-refractivity contribution < 1.29 is 18.0 Å². The van der Waals surface area contributed by atoms with Gasteiger partial charge in [0.2, 0.25) is 0 Å². The number of hydrogen-bond acceptors (Lipinski definition) is 4. The molecule has 0 aliphatic carbocycles. The zero-order valence-corrected chi connectivity index (χ0v) is 9.37. The summed E-state index contributed by atoms with van der Waals surface area (Å²) in [7, 11) is -2.25. The Morgan fingerprint density at radius 2 is 2.00 bits per heavy atom. The minimum absolute atomic E-state index is 0.0564. The van der Waals surface area contributed by atoms with E-state index in [2.05, 4.69) is 4.84 Å². The maximum atomic E-state index is 11.7. The fraction of sp³-hybridized carbons (Fsp3) is 0.333. The lowest BCUT2D eigenvalue weighted by atomic mass is 10.3. The highest BCUT2D eigenvalue weighted by Crippen LogP contribution is 2.22. The summed E-state index contributed by atoms with van der Waals surface area (Å²) in [6.07, 6.45) is 0. The lowest BCUT2D eigenvalue weighted by Crippen LogP contribution is -2.24. The first-order valence-electron chi connectivity index (χ1n) is 4.38. The highest BCUT2D eigenvalue weighted by molar-refractivity contribution is 7.89. The van der Waals surface area contributed by atoms with E-state index in [1.54, 1.807) is 25.1 Å². The van der Waals surface area contributed by atoms with Gasteiger partial charge in [-0.15, -0.1) is 0 Å². The average molecular weight is 231 g/mol. The zero-order valence-electron chi connectivity index (χ0n) is 8.56. The summed E-state index contributed by atoms with van der Waals surface area (Å²) in [5.41, 5.74) is 0. The molecular formula is C9H13NO4S. The molecule has 1 N–H and O–H groups in total. The normalized spacial score (nSPS) is 11.3. The van der Waals surface area contributed by atoms with Gasteiger partial charge >= 0.3 is 0 Å². The van der Waals surface area contributed by atoms with Gasteiger partial charge in [0.15, 0.2) is 0 Å². The number of benzene rings is 1. The molecule has 0 saturated heterocycles. The molecule has 0 spiro atoms. The van der Waals surface area contributed by atoms with E-state index in [-0.39, 0.29) is 17.3 Å². The van der Waals surface area contributed by atoms with Gasteiger partial charge in [-0.3, -0.25) is 4.84 Å². The van der Waals surface area contributed by atoms with Crippen molar-refractivity contribution in [2.45, 2.75) is 11.8 Å². The highest BCUT2D eigenvalue weighted by atomic mass is 32.2. The van der Waals surface area contributed by atoms with Crippen molar-refractivity contribution in [3.8, 4) is 5.75 Å². The van der Waals surface area contributed by atoms with Crippen LogP contribution in [0.4, 0.5) is 0 Å². The van der Waals surface area contributed by atoms with Gasteiger partial charge in [0.05, 0.1) is 13.7 Å². The maximum absolute atomic E-state index is 11.7. The number of sulfonamides is 1. The summed E-state index contributed by atoms with van der Waals surface area (Å²) in [6.45, 7) is 1.94. The van der Waals surface area contributed by atoms with Crippen molar-refractivity contribution in [2.75, 3.05) is 13.7 Å². The van der Waals surface area contributed by atoms with Crippen molar-refractivity contribution in [3.05, 3.63) is 24.3 Å². The van der Waals surface area contributed by atoms with Crippen LogP contribution in [0, 0.1) is 0 Å². The van der Waals surface area contributed by atoms with E-state index in [1.807, 2.05) is 4.89 Å². The molecule has 0 aliphatic heterocycles. The molecule has 0 fully saturated rings. The molecule has 0 unspecified atom stereocenters. The molecule has 1 aromatic carbocycles. The molecule has 6 heteroatoms. The number of methoxy groups -OCH3 is 1. The highest BCUT2D eigenvalue weighted by Gasteiger charge is 2.18. The fourth-order valence-corrected chi connectivity index (χ4v) is 2.06. The fourth-order valence-electron chi connectivity index (χ4n) is 1.02. The summed E-state index contributed by atoms with van der Waals surface area (Å²) in [5.74, 6) is 0.282. The number of hydrogen-bond donors (Lipinski definition) is 1. The van der Waals surface area contributed by atoms with Gasteiger partial charge in [-0.1, -0.05) is 17.0 Å². The quantitative estimate of drug-likeness (QED) is 0.765. The molecule has 0 bridgehead atoms. The van der Waals surface area contributed by atoms with Gasteiger partial charge in [-0.25, -0.2) is 8.42 Å². The first-order valence-corrected chi connectivity index (χ1v) is 5.86. The predicted molar refractivity (Wildman–Crippen MR) is 54.9 cm³/mol. The molecule has 0 aromatic heterocycles. The van der Waals surface area contributed by atoms with Crippen molar-refractivity contribution in [3.63, 3.8) is 0 Å². The zero-order chi connectivity index (χ0) is 11.3. The SMILES string of the molecule is CCONS(=O)(=O)c1ccccc1OC. The van der Waals surface area contributed by atoms with Gasteiger partial charge in [-0.2, -0.15) is 0 Å². The van der Waals surface area contributed by atoms with E-state index in [4.69, 9.17) is 4.74 Å². The third-order valence-corrected chi connectivity index (χ3v) is 2.93. The summed E-state index contributed by atoms with van der Waals surface area (Å²) >= 11 is 0. The Balaban J connectivity index is 3.04. The van der Waals surface area contributed by atoms with Crippen molar-refractivity contribution >= 4 is 10.0 Å². The van der Waals surface area contributed by atoms with E-state index in [0.29, 0.717) is 0 Å². The number of rotatable bonds is 5. The molecule has 15 heavy (non-hydrogen) atoms. The summed E-state index contributed by atoms with van der Waals surface area (Å²) in [5, 5.41) is 0. The van der Waals surface area contributed by atoms with Crippen LogP contribution >= 0.6 is 0 Å². The lowest BCUT2D eigenvalue weighted by molar-refractivity contribution is 0.105. The molecule has 0 atom stereocenters. The Morgan fingerprint density at radius 1 is 1.33 bits per heavy atom. The summed E-state index contributed by atoms with van der Waals surface area (Å²) < 4.78 is 28.2. The molecule has 0 radical (unpaired) electrons. The first kappa shape index (κ1) is 12.0. The van der Waals surface area contributed by atoms with Crippen molar-refractivity contribution in [2.24, 2.45) is 0 Å². The van der Waals surface area contributed by atoms with E-state index in [0.717, 1.165) is 0 Å². The lowest BCUT2D eigenvalue weighted by Gasteiger charge is -2.09. The smallest absolute Gasteiger partial charge is 0.266 e. The Morgan fingerprint density at radius 3 is 2.60 bits per heavy atom. The first-order chi connectivity index (χ1) is 7.11. The average Bonchev–Trinajstić information content (AvgIpc) is 2.26. The molecule has 0 saturated carbocycles. The van der Waals surface area contributed by atoms with Crippen LogP contribution in [0.15, 0.2) is 29.2 Å². The largest absolute Gasteiger partial charge is 0.495 e. The Labute approximate surface area is 89.0 Å². The van der Waals surface area contributed by atoms with Gasteiger partial charge in [0.1, 0.15) is 10.6 Å². The summed E-state index contributed by atoms with van der Waals surface area (Å²) in [4.78, 5) is 6.71. The maximum Gasteiger partial charge on any atom is 0.266 e. The van der Waals surface area contributed by atoms with Crippen LogP contribution in [0.2, 0.25) is 0 Å². The van der Waals surface area contributed by atoms with Crippen LogP contribution in [-0.4, -0.2) is 22.1 Å². The molecule has 0 amide bonds. The van der Waals surface area contributed by atoms with Gasteiger partial charge < -0.3 is 4.74 Å². The van der Waals surface area contributed by atoms with Crippen LogP contribution in [-0.2, 0) is 14.9 Å². The van der Waals surface area contributed by atoms with Crippen LogP contribution in [0.1, 0.15) is 6.92 Å². The second-order valence-corrected chi connectivity index (χ2v) is 4.28. The Hall–Kier alpha value is -1.11. The second-order valence-electron chi connectivity index (χ2n) is 2.67. The molecule has 0 aliphatic rings. The molecule has 1 rings (SSSR count). The topological polar surface area (TPSA) is 64.6 Å². The minimum atomic E-state index is -3.66. The third kappa shape index (κ3) is 2.92.